The van der Waals surface area contributed by atoms with Gasteiger partial charge in [0.1, 0.15) is 28.9 Å². The fourth-order valence-electron chi connectivity index (χ4n) is 4.18. The normalized spacial score (nSPS) is 14.1. The number of fused-ring (bicyclic) bond motifs is 1. The molecule has 0 radical (unpaired) electrons. The molecule has 3 aromatic carbocycles. The number of carbonyl (C=O) groups is 1. The molecule has 4 rings (SSSR count). The van der Waals surface area contributed by atoms with Gasteiger partial charge in [0.25, 0.3) is 0 Å². The molecule has 38 heavy (non-hydrogen) atoms. The van der Waals surface area contributed by atoms with Crippen LogP contribution in [0.15, 0.2) is 60.0 Å². The van der Waals surface area contributed by atoms with Gasteiger partial charge in [0.05, 0.1) is 27.2 Å². The van der Waals surface area contributed by atoms with E-state index < -0.39 is 11.9 Å². The van der Waals surface area contributed by atoms with Crippen LogP contribution in [0.25, 0.3) is 0 Å². The molecule has 0 spiro atoms. The topological polar surface area (TPSA) is 122 Å². The summed E-state index contributed by atoms with van der Waals surface area (Å²) in [5, 5.41) is 10.5. The van der Waals surface area contributed by atoms with Crippen LogP contribution in [0.4, 0.5) is 0 Å². The standard InChI is InChI=1S/C28H25ClN2O7/c1-15-9-17(29)5-8-21(15)36-14-25(32)37-18-6-7-19-22(12-18)38-28(31)20(13-30)26(19)16-10-23(33-2)27(35-4)24(11-16)34-3/h5-12,26H,14,31H2,1-4H3. The largest absolute Gasteiger partial charge is 0.493 e. The minimum Gasteiger partial charge on any atom is -0.493 e. The number of halogens is 1. The lowest BCUT2D eigenvalue weighted by molar-refractivity contribution is -0.136. The molecule has 1 aliphatic rings. The molecule has 0 amide bonds. The lowest BCUT2D eigenvalue weighted by Gasteiger charge is -2.27. The van der Waals surface area contributed by atoms with E-state index in [0.29, 0.717) is 44.9 Å². The van der Waals surface area contributed by atoms with Gasteiger partial charge in [0.2, 0.25) is 11.6 Å². The second-order valence-electron chi connectivity index (χ2n) is 8.26. The average Bonchev–Trinajstić information content (AvgIpc) is 2.90. The number of aryl methyl sites for hydroxylation is 1. The second kappa shape index (κ2) is 11.2. The number of rotatable bonds is 8. The minimum atomic E-state index is -0.613. The van der Waals surface area contributed by atoms with Crippen LogP contribution in [0, 0.1) is 18.3 Å². The van der Waals surface area contributed by atoms with Crippen LogP contribution in [0.5, 0.6) is 34.5 Å². The Morgan fingerprint density at radius 2 is 1.74 bits per heavy atom. The Morgan fingerprint density at radius 1 is 1.03 bits per heavy atom. The number of hydrogen-bond donors (Lipinski definition) is 1. The molecule has 0 fully saturated rings. The van der Waals surface area contributed by atoms with Crippen LogP contribution in [-0.2, 0) is 4.79 Å². The highest BCUT2D eigenvalue weighted by Crippen LogP contribution is 2.47. The molecule has 2 N–H and O–H groups in total. The fourth-order valence-corrected chi connectivity index (χ4v) is 4.41. The number of ether oxygens (including phenoxy) is 6. The first-order valence-electron chi connectivity index (χ1n) is 11.4. The third-order valence-corrected chi connectivity index (χ3v) is 6.16. The summed E-state index contributed by atoms with van der Waals surface area (Å²) in [7, 11) is 4.52. The Balaban J connectivity index is 1.62. The van der Waals surface area contributed by atoms with Gasteiger partial charge in [-0.15, -0.1) is 0 Å². The first-order valence-corrected chi connectivity index (χ1v) is 11.8. The Labute approximate surface area is 224 Å². The zero-order chi connectivity index (χ0) is 27.4. The Kier molecular flexibility index (Phi) is 7.84. The van der Waals surface area contributed by atoms with Gasteiger partial charge < -0.3 is 34.2 Å². The molecule has 0 saturated carbocycles. The van der Waals surface area contributed by atoms with Crippen molar-refractivity contribution >= 4 is 17.6 Å². The van der Waals surface area contributed by atoms with Gasteiger partial charge in [-0.2, -0.15) is 5.26 Å². The van der Waals surface area contributed by atoms with Gasteiger partial charge in [0, 0.05) is 16.7 Å². The molecular formula is C28H25ClN2O7. The first kappa shape index (κ1) is 26.5. The van der Waals surface area contributed by atoms with E-state index in [1.165, 1.54) is 27.4 Å². The number of hydrogen-bond acceptors (Lipinski definition) is 9. The maximum atomic E-state index is 12.5. The number of esters is 1. The van der Waals surface area contributed by atoms with Crippen LogP contribution in [0.3, 0.4) is 0 Å². The third-order valence-electron chi connectivity index (χ3n) is 5.93. The summed E-state index contributed by atoms with van der Waals surface area (Å²) in [6, 6.07) is 15.6. The molecule has 3 aromatic rings. The molecule has 9 nitrogen and oxygen atoms in total. The van der Waals surface area contributed by atoms with Crippen molar-refractivity contribution in [1.29, 1.82) is 5.26 Å². The maximum absolute atomic E-state index is 12.5. The highest BCUT2D eigenvalue weighted by molar-refractivity contribution is 6.30. The minimum absolute atomic E-state index is 0.0659. The lowest BCUT2D eigenvalue weighted by atomic mass is 9.83. The number of benzene rings is 3. The molecule has 0 bridgehead atoms. The molecule has 1 unspecified atom stereocenters. The van der Waals surface area contributed by atoms with E-state index in [1.807, 2.05) is 6.92 Å². The van der Waals surface area contributed by atoms with E-state index >= 15 is 0 Å². The summed E-state index contributed by atoms with van der Waals surface area (Å²) in [5.41, 5.74) is 8.44. The Bertz CT molecular complexity index is 1440. The summed E-state index contributed by atoms with van der Waals surface area (Å²) >= 11 is 5.96. The van der Waals surface area contributed by atoms with Crippen molar-refractivity contribution in [3.8, 4) is 40.6 Å². The second-order valence-corrected chi connectivity index (χ2v) is 8.69. The molecule has 0 aromatic heterocycles. The van der Waals surface area contributed by atoms with Gasteiger partial charge >= 0.3 is 5.97 Å². The quantitative estimate of drug-likeness (QED) is 0.317. The van der Waals surface area contributed by atoms with Crippen molar-refractivity contribution in [3.63, 3.8) is 0 Å². The van der Waals surface area contributed by atoms with Crippen molar-refractivity contribution in [2.24, 2.45) is 5.73 Å². The molecule has 1 aliphatic heterocycles. The first-order chi connectivity index (χ1) is 18.3. The zero-order valence-corrected chi connectivity index (χ0v) is 21.9. The number of nitrogens with two attached hydrogens (primary N) is 1. The predicted molar refractivity (Wildman–Crippen MR) is 139 cm³/mol. The van der Waals surface area contributed by atoms with Crippen LogP contribution in [0.2, 0.25) is 5.02 Å². The number of allylic oxidation sites excluding steroid dienone is 1. The van der Waals surface area contributed by atoms with Crippen molar-refractivity contribution in [1.82, 2.24) is 0 Å². The van der Waals surface area contributed by atoms with E-state index in [9.17, 15) is 10.1 Å². The number of carbonyl (C=O) groups excluding carboxylic acids is 1. The third kappa shape index (κ3) is 5.26. The average molecular weight is 537 g/mol. The summed E-state index contributed by atoms with van der Waals surface area (Å²) in [6.07, 6.45) is 0. The van der Waals surface area contributed by atoms with Crippen LogP contribution in [0.1, 0.15) is 22.6 Å². The van der Waals surface area contributed by atoms with Gasteiger partial charge in [0.15, 0.2) is 18.1 Å². The predicted octanol–water partition coefficient (Wildman–Crippen LogP) is 4.88. The van der Waals surface area contributed by atoms with Gasteiger partial charge in [-0.3, -0.25) is 0 Å². The van der Waals surface area contributed by atoms with E-state index in [1.54, 1.807) is 42.5 Å². The fraction of sp³-hybridized carbons (Fsp3) is 0.214. The van der Waals surface area contributed by atoms with E-state index in [2.05, 4.69) is 6.07 Å². The maximum Gasteiger partial charge on any atom is 0.349 e. The smallest absolute Gasteiger partial charge is 0.349 e. The SMILES string of the molecule is COc1cc(C2C(C#N)=C(N)Oc3cc(OC(=O)COc4ccc(Cl)cc4C)ccc32)cc(OC)c1OC. The number of methoxy groups -OCH3 is 3. The lowest BCUT2D eigenvalue weighted by Crippen LogP contribution is -2.22. The molecule has 0 saturated heterocycles. The van der Waals surface area contributed by atoms with Gasteiger partial charge in [-0.1, -0.05) is 17.7 Å². The highest BCUT2D eigenvalue weighted by Gasteiger charge is 2.32. The zero-order valence-electron chi connectivity index (χ0n) is 21.2. The van der Waals surface area contributed by atoms with Crippen LogP contribution in [-0.4, -0.2) is 33.9 Å². The van der Waals surface area contributed by atoms with Crippen molar-refractivity contribution in [3.05, 3.63) is 81.7 Å². The summed E-state index contributed by atoms with van der Waals surface area (Å²) in [6.45, 7) is 1.51. The Hall–Kier alpha value is -4.55. The molecule has 0 aliphatic carbocycles. The van der Waals surface area contributed by atoms with Gasteiger partial charge in [-0.05, 0) is 54.4 Å². The molecule has 10 heteroatoms. The van der Waals surface area contributed by atoms with E-state index in [-0.39, 0.29) is 23.8 Å². The molecule has 196 valence electrons. The highest BCUT2D eigenvalue weighted by atomic mass is 35.5. The number of nitriles is 1. The van der Waals surface area contributed by atoms with Crippen molar-refractivity contribution in [2.45, 2.75) is 12.8 Å². The van der Waals surface area contributed by atoms with Gasteiger partial charge in [-0.25, -0.2) is 4.79 Å². The number of nitrogens with zero attached hydrogens (tertiary/aromatic N) is 1. The summed E-state index contributed by atoms with van der Waals surface area (Å²) in [5.74, 6) is 1.07. The Morgan fingerprint density at radius 3 is 2.34 bits per heavy atom. The van der Waals surface area contributed by atoms with Crippen LogP contribution < -0.4 is 34.2 Å². The molecular weight excluding hydrogens is 512 g/mol. The van der Waals surface area contributed by atoms with E-state index in [4.69, 9.17) is 45.8 Å². The van der Waals surface area contributed by atoms with Crippen molar-refractivity contribution in [2.75, 3.05) is 27.9 Å². The monoisotopic (exact) mass is 536 g/mol. The van der Waals surface area contributed by atoms with E-state index in [0.717, 1.165) is 5.56 Å². The molecule has 1 atom stereocenters. The van der Waals surface area contributed by atoms with Crippen LogP contribution >= 0.6 is 11.6 Å². The summed E-state index contributed by atoms with van der Waals surface area (Å²) < 4.78 is 33.1. The summed E-state index contributed by atoms with van der Waals surface area (Å²) in [4.78, 5) is 12.5. The van der Waals surface area contributed by atoms with Crippen molar-refractivity contribution < 1.29 is 33.2 Å². The molecule has 1 heterocycles.